The molecule has 1 aromatic carbocycles. The van der Waals surface area contributed by atoms with E-state index in [4.69, 9.17) is 4.74 Å². The summed E-state index contributed by atoms with van der Waals surface area (Å²) in [4.78, 5) is 68.1. The molecular weight excluding hydrogens is 492 g/mol. The predicted molar refractivity (Wildman–Crippen MR) is 136 cm³/mol. The molecule has 0 saturated carbocycles. The molecule has 5 rings (SSSR count). The van der Waals surface area contributed by atoms with E-state index in [1.165, 1.54) is 0 Å². The smallest absolute Gasteiger partial charge is 0.421 e. The van der Waals surface area contributed by atoms with Gasteiger partial charge in [0.15, 0.2) is 0 Å². The van der Waals surface area contributed by atoms with Gasteiger partial charge in [-0.25, -0.2) is 9.80 Å². The molecule has 12 heteroatoms. The number of amides is 5. The number of rotatable bonds is 7. The highest BCUT2D eigenvalue weighted by molar-refractivity contribution is 6.25. The molecule has 0 spiro atoms. The first-order valence-electron chi connectivity index (χ1n) is 13.4. The van der Waals surface area contributed by atoms with Crippen molar-refractivity contribution in [2.24, 2.45) is 0 Å². The van der Waals surface area contributed by atoms with Crippen LogP contribution in [0.5, 0.6) is 0 Å². The van der Waals surface area contributed by atoms with Crippen molar-refractivity contribution < 1.29 is 28.7 Å². The Morgan fingerprint density at radius 3 is 2.58 bits per heavy atom. The van der Waals surface area contributed by atoms with Crippen molar-refractivity contribution in [1.82, 2.24) is 25.6 Å². The average molecular weight is 527 g/mol. The fourth-order valence-corrected chi connectivity index (χ4v) is 5.69. The zero-order valence-corrected chi connectivity index (χ0v) is 21.6. The molecule has 4 heterocycles. The Morgan fingerprint density at radius 2 is 1.84 bits per heavy atom. The fraction of sp³-hybridized carbons (Fsp3) is 0.577. The summed E-state index contributed by atoms with van der Waals surface area (Å²) in [7, 11) is 0. The van der Waals surface area contributed by atoms with Gasteiger partial charge < -0.3 is 9.64 Å². The van der Waals surface area contributed by atoms with Crippen LogP contribution in [0.25, 0.3) is 0 Å². The van der Waals surface area contributed by atoms with Crippen LogP contribution in [-0.4, -0.2) is 102 Å². The van der Waals surface area contributed by atoms with E-state index in [0.29, 0.717) is 43.1 Å². The molecule has 2 unspecified atom stereocenters. The number of piperidine rings is 1. The minimum atomic E-state index is -0.979. The standard InChI is InChI=1S/C26H34N6O6/c1-2-3-15-38-26(37)28-31-13-11-29(12-14-31)17-9-10-30(16-17)19-6-4-5-18-22(19)25(36)32(24(18)35)20-7-8-21(33)27-23(20)34/h4-6,17,20H,2-3,7-16H2,1H3,(H,28,37)(H,27,33,34). The highest BCUT2D eigenvalue weighted by Gasteiger charge is 2.46. The van der Waals surface area contributed by atoms with Crippen LogP contribution in [0.3, 0.4) is 0 Å². The number of benzene rings is 1. The van der Waals surface area contributed by atoms with E-state index in [1.807, 2.05) is 18.0 Å². The third-order valence-corrected chi connectivity index (χ3v) is 7.76. The van der Waals surface area contributed by atoms with Gasteiger partial charge in [-0.1, -0.05) is 19.4 Å². The van der Waals surface area contributed by atoms with E-state index in [0.717, 1.165) is 43.8 Å². The van der Waals surface area contributed by atoms with Gasteiger partial charge in [-0.2, -0.15) is 0 Å². The molecule has 3 fully saturated rings. The van der Waals surface area contributed by atoms with Crippen LogP contribution in [0.15, 0.2) is 18.2 Å². The van der Waals surface area contributed by atoms with Gasteiger partial charge in [-0.3, -0.25) is 39.7 Å². The Labute approximate surface area is 221 Å². The summed E-state index contributed by atoms with van der Waals surface area (Å²) in [6, 6.07) is 4.55. The summed E-state index contributed by atoms with van der Waals surface area (Å²) in [5.74, 6) is -1.98. The third kappa shape index (κ3) is 5.10. The number of ether oxygens (including phenoxy) is 1. The highest BCUT2D eigenvalue weighted by Crippen LogP contribution is 2.36. The number of anilines is 1. The molecule has 4 aliphatic rings. The number of hydrazine groups is 1. The van der Waals surface area contributed by atoms with Crippen LogP contribution in [0.2, 0.25) is 0 Å². The number of unbranched alkanes of at least 4 members (excludes halogenated alkanes) is 1. The summed E-state index contributed by atoms with van der Waals surface area (Å²) in [6.45, 7) is 6.88. The highest BCUT2D eigenvalue weighted by atomic mass is 16.6. The second-order valence-corrected chi connectivity index (χ2v) is 10.2. The molecule has 0 radical (unpaired) electrons. The number of nitrogens with zero attached hydrogens (tertiary/aromatic N) is 4. The van der Waals surface area contributed by atoms with E-state index in [1.54, 1.807) is 12.1 Å². The van der Waals surface area contributed by atoms with Gasteiger partial charge in [0.25, 0.3) is 11.8 Å². The lowest BCUT2D eigenvalue weighted by atomic mass is 10.0. The van der Waals surface area contributed by atoms with Crippen molar-refractivity contribution in [2.45, 2.75) is 51.1 Å². The molecule has 4 aliphatic heterocycles. The molecule has 2 atom stereocenters. The van der Waals surface area contributed by atoms with Gasteiger partial charge in [0.1, 0.15) is 6.04 Å². The Hall–Kier alpha value is -3.51. The van der Waals surface area contributed by atoms with Crippen LogP contribution in [0, 0.1) is 0 Å². The first-order valence-corrected chi connectivity index (χ1v) is 13.4. The SMILES string of the molecule is CCCCOC(=O)NN1CCN(C2CCN(c3cccc4c3C(=O)N(C3CCC(=O)NC3=O)C4=O)C2)CC1. The average Bonchev–Trinajstić information content (AvgIpc) is 3.49. The van der Waals surface area contributed by atoms with Crippen molar-refractivity contribution in [2.75, 3.05) is 50.8 Å². The molecule has 0 bridgehead atoms. The Morgan fingerprint density at radius 1 is 1.05 bits per heavy atom. The van der Waals surface area contributed by atoms with Crippen LogP contribution in [0.4, 0.5) is 10.5 Å². The summed E-state index contributed by atoms with van der Waals surface area (Å²) in [5, 5.41) is 4.12. The quantitative estimate of drug-likeness (QED) is 0.390. The molecule has 5 amide bonds. The molecule has 3 saturated heterocycles. The molecule has 0 aliphatic carbocycles. The maximum Gasteiger partial charge on any atom is 0.421 e. The number of hydrogen-bond donors (Lipinski definition) is 2. The normalized spacial score (nSPS) is 24.6. The summed E-state index contributed by atoms with van der Waals surface area (Å²) >= 11 is 0. The number of nitrogens with one attached hydrogen (secondary N) is 2. The number of fused-ring (bicyclic) bond motifs is 1. The zero-order valence-electron chi connectivity index (χ0n) is 21.6. The number of carbonyl (C=O) groups is 5. The van der Waals surface area contributed by atoms with E-state index in [9.17, 15) is 24.0 Å². The first-order chi connectivity index (χ1) is 18.4. The number of hydrogen-bond acceptors (Lipinski definition) is 9. The van der Waals surface area contributed by atoms with Crippen LogP contribution >= 0.6 is 0 Å². The maximum atomic E-state index is 13.5. The Balaban J connectivity index is 1.20. The molecule has 38 heavy (non-hydrogen) atoms. The molecule has 0 aromatic heterocycles. The largest absolute Gasteiger partial charge is 0.449 e. The van der Waals surface area contributed by atoms with Gasteiger partial charge in [0.2, 0.25) is 11.8 Å². The molecule has 2 N–H and O–H groups in total. The minimum Gasteiger partial charge on any atom is -0.449 e. The second-order valence-electron chi connectivity index (χ2n) is 10.2. The lowest BCUT2D eigenvalue weighted by molar-refractivity contribution is -0.136. The van der Waals surface area contributed by atoms with Gasteiger partial charge in [-0.15, -0.1) is 0 Å². The minimum absolute atomic E-state index is 0.0906. The van der Waals surface area contributed by atoms with Gasteiger partial charge >= 0.3 is 6.09 Å². The molecular formula is C26H34N6O6. The maximum absolute atomic E-state index is 13.5. The number of carbonyl (C=O) groups excluding carboxylic acids is 5. The number of imide groups is 2. The lowest BCUT2D eigenvalue weighted by Crippen LogP contribution is -2.56. The van der Waals surface area contributed by atoms with Crippen LogP contribution < -0.4 is 15.6 Å². The lowest BCUT2D eigenvalue weighted by Gasteiger charge is -2.37. The number of piperazine rings is 1. The zero-order chi connectivity index (χ0) is 26.8. The van der Waals surface area contributed by atoms with Crippen LogP contribution in [0.1, 0.15) is 59.7 Å². The van der Waals surface area contributed by atoms with E-state index < -0.39 is 35.8 Å². The molecule has 204 valence electrons. The summed E-state index contributed by atoms with van der Waals surface area (Å²) < 4.78 is 5.18. The molecule has 1 aromatic rings. The van der Waals surface area contributed by atoms with Crippen molar-refractivity contribution >= 4 is 35.4 Å². The van der Waals surface area contributed by atoms with Gasteiger partial charge in [0, 0.05) is 51.7 Å². The molecule has 12 nitrogen and oxygen atoms in total. The second kappa shape index (κ2) is 11.1. The fourth-order valence-electron chi connectivity index (χ4n) is 5.69. The first kappa shape index (κ1) is 26.1. The summed E-state index contributed by atoms with van der Waals surface area (Å²) in [6.07, 6.45) is 2.54. The van der Waals surface area contributed by atoms with Crippen LogP contribution in [-0.2, 0) is 14.3 Å². The van der Waals surface area contributed by atoms with E-state index >= 15 is 0 Å². The predicted octanol–water partition coefficient (Wildman–Crippen LogP) is 0.725. The monoisotopic (exact) mass is 526 g/mol. The van der Waals surface area contributed by atoms with Crippen molar-refractivity contribution in [3.05, 3.63) is 29.3 Å². The topological polar surface area (TPSA) is 132 Å². The third-order valence-electron chi connectivity index (χ3n) is 7.76. The van der Waals surface area contributed by atoms with Crippen molar-refractivity contribution in [1.29, 1.82) is 0 Å². The Kier molecular flexibility index (Phi) is 7.61. The van der Waals surface area contributed by atoms with E-state index in [-0.39, 0.29) is 18.9 Å². The van der Waals surface area contributed by atoms with Gasteiger partial charge in [-0.05, 0) is 31.4 Å². The Bertz CT molecular complexity index is 1130. The summed E-state index contributed by atoms with van der Waals surface area (Å²) in [5.41, 5.74) is 4.14. The van der Waals surface area contributed by atoms with Crippen molar-refractivity contribution in [3.8, 4) is 0 Å². The van der Waals surface area contributed by atoms with Crippen molar-refractivity contribution in [3.63, 3.8) is 0 Å². The van der Waals surface area contributed by atoms with E-state index in [2.05, 4.69) is 20.5 Å². The van der Waals surface area contributed by atoms with Gasteiger partial charge in [0.05, 0.1) is 23.4 Å².